The summed E-state index contributed by atoms with van der Waals surface area (Å²) in [6.07, 6.45) is 6.47. The third-order valence-electron chi connectivity index (χ3n) is 4.70. The molecule has 2 atom stereocenters. The molecule has 6 heteroatoms. The van der Waals surface area contributed by atoms with E-state index in [1.165, 1.54) is 12.1 Å². The molecule has 0 fully saturated rings. The van der Waals surface area contributed by atoms with E-state index in [9.17, 15) is 15.0 Å². The maximum Gasteiger partial charge on any atom is 0.248 e. The van der Waals surface area contributed by atoms with Crippen molar-refractivity contribution in [3.8, 4) is 23.0 Å². The molecule has 0 aromatic heterocycles. The number of phenolic OH excluding ortho intramolecular Hbond substituents is 2. The third-order valence-corrected chi connectivity index (χ3v) is 4.70. The summed E-state index contributed by atoms with van der Waals surface area (Å²) >= 11 is 0. The van der Waals surface area contributed by atoms with Crippen molar-refractivity contribution in [3.63, 3.8) is 0 Å². The van der Waals surface area contributed by atoms with Crippen molar-refractivity contribution in [1.29, 1.82) is 0 Å². The minimum absolute atomic E-state index is 0.00456. The van der Waals surface area contributed by atoms with E-state index in [0.717, 1.165) is 25.7 Å². The highest BCUT2D eigenvalue weighted by Gasteiger charge is 2.16. The van der Waals surface area contributed by atoms with Gasteiger partial charge in [0.05, 0.1) is 17.9 Å². The lowest BCUT2D eigenvalue weighted by Crippen LogP contribution is -2.13. The van der Waals surface area contributed by atoms with Crippen molar-refractivity contribution < 1.29 is 24.5 Å². The minimum Gasteiger partial charge on any atom is -0.506 e. The van der Waals surface area contributed by atoms with Gasteiger partial charge in [-0.3, -0.25) is 4.79 Å². The second kappa shape index (κ2) is 11.9. The molecule has 2 aromatic rings. The van der Waals surface area contributed by atoms with Gasteiger partial charge in [-0.2, -0.15) is 0 Å². The van der Waals surface area contributed by atoms with Crippen LogP contribution < -0.4 is 14.8 Å². The fourth-order valence-corrected chi connectivity index (χ4v) is 3.17. The molecule has 0 bridgehead atoms. The lowest BCUT2D eigenvalue weighted by Gasteiger charge is -2.20. The summed E-state index contributed by atoms with van der Waals surface area (Å²) in [4.78, 5) is 12.3. The van der Waals surface area contributed by atoms with Gasteiger partial charge in [-0.05, 0) is 62.6 Å². The molecule has 0 heterocycles. The number of aromatic hydroxyl groups is 2. The normalized spacial score (nSPS) is 13.0. The van der Waals surface area contributed by atoms with Crippen LogP contribution in [0.1, 0.15) is 58.9 Å². The Balaban J connectivity index is 2.26. The molecular formula is C25H33NO5. The SMILES string of the molecule is CCCC(C)Oc1cc(/C=C/C(=O)Nc2ccccc2O)cc(OC(C)CCC)c1O. The number of carbonyl (C=O) groups excluding carboxylic acids is 1. The van der Waals surface area contributed by atoms with Gasteiger partial charge in [0.2, 0.25) is 11.7 Å². The minimum atomic E-state index is -0.391. The summed E-state index contributed by atoms with van der Waals surface area (Å²) < 4.78 is 11.9. The van der Waals surface area contributed by atoms with Crippen molar-refractivity contribution in [2.45, 2.75) is 65.6 Å². The monoisotopic (exact) mass is 427 g/mol. The van der Waals surface area contributed by atoms with Crippen LogP contribution in [0.15, 0.2) is 42.5 Å². The summed E-state index contributed by atoms with van der Waals surface area (Å²) in [5, 5.41) is 23.1. The van der Waals surface area contributed by atoms with Gasteiger partial charge < -0.3 is 25.0 Å². The molecule has 2 aromatic carbocycles. The number of nitrogens with one attached hydrogen (secondary N) is 1. The summed E-state index contributed by atoms with van der Waals surface area (Å²) in [7, 11) is 0. The van der Waals surface area contributed by atoms with E-state index in [1.54, 1.807) is 36.4 Å². The Labute approximate surface area is 184 Å². The van der Waals surface area contributed by atoms with E-state index in [2.05, 4.69) is 19.2 Å². The number of anilines is 1. The van der Waals surface area contributed by atoms with E-state index in [-0.39, 0.29) is 23.7 Å². The van der Waals surface area contributed by atoms with Gasteiger partial charge in [0, 0.05) is 6.08 Å². The Morgan fingerprint density at radius 3 is 2.06 bits per heavy atom. The molecule has 168 valence electrons. The maximum absolute atomic E-state index is 12.3. The van der Waals surface area contributed by atoms with E-state index in [0.29, 0.717) is 22.7 Å². The highest BCUT2D eigenvalue weighted by Crippen LogP contribution is 2.39. The van der Waals surface area contributed by atoms with Crippen molar-refractivity contribution in [2.75, 3.05) is 5.32 Å². The Kier molecular flexibility index (Phi) is 9.25. The van der Waals surface area contributed by atoms with Crippen LogP contribution in [-0.2, 0) is 4.79 Å². The number of rotatable bonds is 11. The second-order valence-corrected chi connectivity index (χ2v) is 7.64. The van der Waals surface area contributed by atoms with Crippen LogP contribution in [-0.4, -0.2) is 28.3 Å². The number of phenols is 2. The topological polar surface area (TPSA) is 88.0 Å². The predicted molar refractivity (Wildman–Crippen MR) is 124 cm³/mol. The van der Waals surface area contributed by atoms with Crippen LogP contribution in [0.3, 0.4) is 0 Å². The lowest BCUT2D eigenvalue weighted by molar-refractivity contribution is -0.111. The number of benzene rings is 2. The molecule has 6 nitrogen and oxygen atoms in total. The summed E-state index contributed by atoms with van der Waals surface area (Å²) in [5.74, 6) is 0.209. The molecule has 2 rings (SSSR count). The fourth-order valence-electron chi connectivity index (χ4n) is 3.17. The average molecular weight is 428 g/mol. The first-order chi connectivity index (χ1) is 14.8. The van der Waals surface area contributed by atoms with Crippen molar-refractivity contribution in [2.24, 2.45) is 0 Å². The molecule has 0 aliphatic carbocycles. The number of hydrogen-bond donors (Lipinski definition) is 3. The van der Waals surface area contributed by atoms with E-state index < -0.39 is 5.91 Å². The van der Waals surface area contributed by atoms with Crippen molar-refractivity contribution >= 4 is 17.7 Å². The molecule has 0 radical (unpaired) electrons. The van der Waals surface area contributed by atoms with E-state index in [1.807, 2.05) is 13.8 Å². The molecule has 3 N–H and O–H groups in total. The largest absolute Gasteiger partial charge is 0.506 e. The molecule has 0 spiro atoms. The Bertz CT molecular complexity index is 858. The van der Waals surface area contributed by atoms with Crippen LogP contribution in [0.2, 0.25) is 0 Å². The number of amides is 1. The predicted octanol–water partition coefficient (Wildman–Crippen LogP) is 5.88. The quantitative estimate of drug-likeness (QED) is 0.308. The Hall–Kier alpha value is -3.15. The Morgan fingerprint density at radius 2 is 1.55 bits per heavy atom. The van der Waals surface area contributed by atoms with Crippen LogP contribution in [0.25, 0.3) is 6.08 Å². The van der Waals surface area contributed by atoms with Gasteiger partial charge in [0.15, 0.2) is 11.5 Å². The summed E-state index contributed by atoms with van der Waals surface area (Å²) in [5.41, 5.74) is 0.986. The van der Waals surface area contributed by atoms with Gasteiger partial charge in [0.25, 0.3) is 0 Å². The van der Waals surface area contributed by atoms with E-state index >= 15 is 0 Å². The third kappa shape index (κ3) is 7.55. The molecule has 0 saturated carbocycles. The molecule has 0 aliphatic heterocycles. The first-order valence-corrected chi connectivity index (χ1v) is 10.8. The summed E-state index contributed by atoms with van der Waals surface area (Å²) in [6.45, 7) is 8.04. The van der Waals surface area contributed by atoms with Crippen molar-refractivity contribution in [3.05, 3.63) is 48.0 Å². The number of hydrogen-bond acceptors (Lipinski definition) is 5. The molecule has 31 heavy (non-hydrogen) atoms. The highest BCUT2D eigenvalue weighted by molar-refractivity contribution is 6.02. The molecule has 0 aliphatic rings. The summed E-state index contributed by atoms with van der Waals surface area (Å²) in [6, 6.07) is 9.89. The first kappa shape index (κ1) is 24.1. The second-order valence-electron chi connectivity index (χ2n) is 7.64. The number of ether oxygens (including phenoxy) is 2. The lowest BCUT2D eigenvalue weighted by atomic mass is 10.1. The standard InChI is InChI=1S/C25H33NO5/c1-5-9-17(3)30-22-15-19(16-23(25(22)29)31-18(4)10-6-2)13-14-24(28)26-20-11-7-8-12-21(20)27/h7-8,11-18,27,29H,5-6,9-10H2,1-4H3,(H,26,28)/b14-13+. The van der Waals surface area contributed by atoms with Gasteiger partial charge in [-0.15, -0.1) is 0 Å². The average Bonchev–Trinajstić information content (AvgIpc) is 2.71. The first-order valence-electron chi connectivity index (χ1n) is 10.8. The van der Waals surface area contributed by atoms with Gasteiger partial charge in [-0.1, -0.05) is 38.8 Å². The zero-order valence-electron chi connectivity index (χ0n) is 18.7. The maximum atomic E-state index is 12.3. The van der Waals surface area contributed by atoms with Crippen molar-refractivity contribution in [1.82, 2.24) is 0 Å². The number of carbonyl (C=O) groups is 1. The zero-order chi connectivity index (χ0) is 22.8. The van der Waals surface area contributed by atoms with Crippen LogP contribution >= 0.6 is 0 Å². The fraction of sp³-hybridized carbons (Fsp3) is 0.400. The zero-order valence-corrected chi connectivity index (χ0v) is 18.7. The number of para-hydroxylation sites is 2. The van der Waals surface area contributed by atoms with Gasteiger partial charge in [0.1, 0.15) is 5.75 Å². The van der Waals surface area contributed by atoms with Gasteiger partial charge in [-0.25, -0.2) is 0 Å². The van der Waals surface area contributed by atoms with Crippen LogP contribution in [0.4, 0.5) is 5.69 Å². The molecule has 1 amide bonds. The molecule has 2 unspecified atom stereocenters. The molecular weight excluding hydrogens is 394 g/mol. The van der Waals surface area contributed by atoms with Crippen LogP contribution in [0.5, 0.6) is 23.0 Å². The smallest absolute Gasteiger partial charge is 0.248 e. The van der Waals surface area contributed by atoms with Gasteiger partial charge >= 0.3 is 0 Å². The Morgan fingerprint density at radius 1 is 1.00 bits per heavy atom. The highest BCUT2D eigenvalue weighted by atomic mass is 16.5. The van der Waals surface area contributed by atoms with E-state index in [4.69, 9.17) is 9.47 Å². The molecule has 0 saturated heterocycles. The van der Waals surface area contributed by atoms with Crippen LogP contribution in [0, 0.1) is 0 Å².